The molecule has 0 radical (unpaired) electrons. The molecule has 4 atom stereocenters. The maximum absolute atomic E-state index is 14.6. The van der Waals surface area contributed by atoms with Gasteiger partial charge in [-0.15, -0.1) is 0 Å². The summed E-state index contributed by atoms with van der Waals surface area (Å²) in [4.78, 5) is 19.2. The Morgan fingerprint density at radius 1 is 1.35 bits per heavy atom. The number of carbonyl (C=O) groups is 1. The second-order valence-corrected chi connectivity index (χ2v) is 7.78. The van der Waals surface area contributed by atoms with Crippen molar-refractivity contribution in [2.75, 3.05) is 26.7 Å². The van der Waals surface area contributed by atoms with Gasteiger partial charge in [-0.1, -0.05) is 26.0 Å². The van der Waals surface area contributed by atoms with Crippen LogP contribution in [0.5, 0.6) is 0 Å². The molecule has 4 N–H and O–H groups in total. The molecule has 144 valence electrons. The molecule has 3 rings (SSSR count). The molecular weight excluding hydrogens is 333 g/mol. The van der Waals surface area contributed by atoms with Crippen molar-refractivity contribution in [1.29, 1.82) is 0 Å². The number of allylic oxidation sites excluding steroid dienone is 2. The van der Waals surface area contributed by atoms with Gasteiger partial charge in [0.15, 0.2) is 0 Å². The number of hydrogen-bond acceptors (Lipinski definition) is 4. The number of halogens is 1. The molecule has 2 saturated heterocycles. The third-order valence-electron chi connectivity index (χ3n) is 5.81. The summed E-state index contributed by atoms with van der Waals surface area (Å²) in [6.07, 6.45) is 7.79. The number of nitrogens with two attached hydrogens (primary N) is 2. The van der Waals surface area contributed by atoms with Crippen LogP contribution in [0.1, 0.15) is 20.3 Å². The molecule has 6 nitrogen and oxygen atoms in total. The number of hydrogen-bond donors (Lipinski definition) is 2. The van der Waals surface area contributed by atoms with Crippen LogP contribution in [0.4, 0.5) is 9.18 Å². The maximum atomic E-state index is 14.6. The van der Waals surface area contributed by atoms with E-state index in [-0.39, 0.29) is 41.6 Å². The molecule has 7 heteroatoms. The van der Waals surface area contributed by atoms with E-state index < -0.39 is 6.04 Å². The van der Waals surface area contributed by atoms with Gasteiger partial charge in [0.25, 0.3) is 0 Å². The zero-order valence-corrected chi connectivity index (χ0v) is 15.8. The van der Waals surface area contributed by atoms with Crippen molar-refractivity contribution < 1.29 is 9.18 Å². The molecule has 1 aliphatic carbocycles. The molecule has 3 aliphatic rings. The predicted molar refractivity (Wildman–Crippen MR) is 101 cm³/mol. The van der Waals surface area contributed by atoms with Gasteiger partial charge >= 0.3 is 6.03 Å². The Kier molecular flexibility index (Phi) is 5.27. The monoisotopic (exact) mass is 363 g/mol. The first-order valence-corrected chi connectivity index (χ1v) is 9.37. The van der Waals surface area contributed by atoms with Gasteiger partial charge < -0.3 is 26.2 Å². The highest BCUT2D eigenvalue weighted by Crippen LogP contribution is 2.35. The van der Waals surface area contributed by atoms with Crippen molar-refractivity contribution in [1.82, 2.24) is 14.7 Å². The van der Waals surface area contributed by atoms with E-state index in [4.69, 9.17) is 11.5 Å². The highest BCUT2D eigenvalue weighted by atomic mass is 19.1. The minimum absolute atomic E-state index is 0.0564. The van der Waals surface area contributed by atoms with Crippen molar-refractivity contribution >= 4 is 6.03 Å². The van der Waals surface area contributed by atoms with Crippen LogP contribution in [0.2, 0.25) is 0 Å². The molecule has 26 heavy (non-hydrogen) atoms. The fourth-order valence-corrected chi connectivity index (χ4v) is 4.41. The van der Waals surface area contributed by atoms with Crippen LogP contribution in [0, 0.1) is 11.8 Å². The first kappa shape index (κ1) is 18.8. The first-order chi connectivity index (χ1) is 12.3. The summed E-state index contributed by atoms with van der Waals surface area (Å²) < 4.78 is 14.6. The number of rotatable bonds is 4. The lowest BCUT2D eigenvalue weighted by Crippen LogP contribution is -2.70. The molecule has 0 aromatic heterocycles. The predicted octanol–water partition coefficient (Wildman–Crippen LogP) is 1.62. The first-order valence-electron chi connectivity index (χ1n) is 9.37. The Hall–Kier alpha value is -2.02. The molecule has 0 spiro atoms. The molecule has 0 saturated carbocycles. The molecule has 0 aromatic carbocycles. The Balaban J connectivity index is 1.94. The van der Waals surface area contributed by atoms with E-state index in [9.17, 15) is 9.18 Å². The second-order valence-electron chi connectivity index (χ2n) is 7.78. The summed E-state index contributed by atoms with van der Waals surface area (Å²) in [5.74, 6) is 0.0827. The van der Waals surface area contributed by atoms with Gasteiger partial charge in [-0.2, -0.15) is 0 Å². The van der Waals surface area contributed by atoms with E-state index in [1.54, 1.807) is 17.1 Å². The lowest BCUT2D eigenvalue weighted by Gasteiger charge is -2.54. The van der Waals surface area contributed by atoms with E-state index in [1.165, 1.54) is 6.08 Å². The average Bonchev–Trinajstić information content (AvgIpc) is 2.54. The van der Waals surface area contributed by atoms with Crippen LogP contribution in [-0.2, 0) is 0 Å². The topological polar surface area (TPSA) is 78.8 Å². The molecule has 2 amide bonds. The third-order valence-corrected chi connectivity index (χ3v) is 5.81. The lowest BCUT2D eigenvalue weighted by molar-refractivity contribution is -0.00797. The highest BCUT2D eigenvalue weighted by Gasteiger charge is 2.47. The quantitative estimate of drug-likeness (QED) is 0.796. The summed E-state index contributed by atoms with van der Waals surface area (Å²) >= 11 is 0. The van der Waals surface area contributed by atoms with E-state index in [1.807, 2.05) is 24.9 Å². The van der Waals surface area contributed by atoms with Crippen LogP contribution in [0.3, 0.4) is 0 Å². The summed E-state index contributed by atoms with van der Waals surface area (Å²) in [7, 11) is 2.03. The Morgan fingerprint density at radius 2 is 2.04 bits per heavy atom. The molecule has 2 fully saturated rings. The fourth-order valence-electron chi connectivity index (χ4n) is 4.41. The summed E-state index contributed by atoms with van der Waals surface area (Å²) in [5, 5.41) is 0. The number of amides is 2. The molecule has 2 aliphatic heterocycles. The standard InChI is InChI=1S/C19H30FN5O/c1-4-13-9-24(18-12(2)6-5-7-15(18)20)19(26)25(14-10-23(3)11-14)16(13)8-17(21)22/h5-8,12-14,16,18H,4,9-11,21-22H2,1-3H3. The van der Waals surface area contributed by atoms with Crippen molar-refractivity contribution in [3.05, 3.63) is 36.0 Å². The minimum Gasteiger partial charge on any atom is -0.386 e. The van der Waals surface area contributed by atoms with Gasteiger partial charge in [-0.3, -0.25) is 0 Å². The van der Waals surface area contributed by atoms with E-state index in [2.05, 4.69) is 11.8 Å². The van der Waals surface area contributed by atoms with Crippen LogP contribution >= 0.6 is 0 Å². The minimum atomic E-state index is -0.540. The number of likely N-dealkylation sites (tertiary alicyclic amines) is 1. The molecule has 0 bridgehead atoms. The van der Waals surface area contributed by atoms with Crippen LogP contribution < -0.4 is 11.5 Å². The SMILES string of the molecule is CCC1CN(C2C(F)=CC=CC2C)C(=O)N(C2CN(C)C2)C1C=C(N)N. The summed E-state index contributed by atoms with van der Waals surface area (Å²) in [5.41, 5.74) is 11.5. The van der Waals surface area contributed by atoms with Crippen molar-refractivity contribution in [2.45, 2.75) is 38.4 Å². The maximum Gasteiger partial charge on any atom is 0.321 e. The van der Waals surface area contributed by atoms with Crippen LogP contribution in [0.25, 0.3) is 0 Å². The van der Waals surface area contributed by atoms with Crippen molar-refractivity contribution in [3.63, 3.8) is 0 Å². The second kappa shape index (κ2) is 7.31. The Labute approximate surface area is 155 Å². The van der Waals surface area contributed by atoms with Gasteiger partial charge in [-0.05, 0) is 25.6 Å². The Morgan fingerprint density at radius 3 is 2.58 bits per heavy atom. The van der Waals surface area contributed by atoms with E-state index in [0.717, 1.165) is 19.5 Å². The summed E-state index contributed by atoms with van der Waals surface area (Å²) in [6, 6.07) is -0.701. The third kappa shape index (κ3) is 3.32. The zero-order valence-electron chi connectivity index (χ0n) is 15.8. The van der Waals surface area contributed by atoms with Crippen LogP contribution in [0.15, 0.2) is 36.0 Å². The molecular formula is C19H30FN5O. The normalized spacial score (nSPS) is 33.1. The summed E-state index contributed by atoms with van der Waals surface area (Å²) in [6.45, 7) is 6.17. The van der Waals surface area contributed by atoms with E-state index >= 15 is 0 Å². The number of urea groups is 1. The van der Waals surface area contributed by atoms with Crippen molar-refractivity contribution in [2.24, 2.45) is 23.3 Å². The number of nitrogens with zero attached hydrogens (tertiary/aromatic N) is 3. The van der Waals surface area contributed by atoms with Gasteiger partial charge in [0.1, 0.15) is 5.83 Å². The number of likely N-dealkylation sites (N-methyl/N-ethyl adjacent to an activating group) is 1. The molecule has 4 unspecified atom stereocenters. The highest BCUT2D eigenvalue weighted by molar-refractivity contribution is 5.78. The average molecular weight is 363 g/mol. The fraction of sp³-hybridized carbons (Fsp3) is 0.632. The Bertz CT molecular complexity index is 636. The van der Waals surface area contributed by atoms with Gasteiger partial charge in [-0.25, -0.2) is 9.18 Å². The number of carbonyl (C=O) groups excluding carboxylic acids is 1. The zero-order chi connectivity index (χ0) is 19.0. The smallest absolute Gasteiger partial charge is 0.321 e. The van der Waals surface area contributed by atoms with Gasteiger partial charge in [0, 0.05) is 31.5 Å². The molecule has 2 heterocycles. The van der Waals surface area contributed by atoms with Crippen molar-refractivity contribution in [3.8, 4) is 0 Å². The lowest BCUT2D eigenvalue weighted by atomic mass is 9.86. The van der Waals surface area contributed by atoms with Crippen LogP contribution in [-0.4, -0.2) is 65.5 Å². The van der Waals surface area contributed by atoms with E-state index in [0.29, 0.717) is 6.54 Å². The van der Waals surface area contributed by atoms with Gasteiger partial charge in [0.2, 0.25) is 0 Å². The van der Waals surface area contributed by atoms with Gasteiger partial charge in [0.05, 0.1) is 23.9 Å². The largest absolute Gasteiger partial charge is 0.386 e. The molecule has 0 aromatic rings.